The lowest BCUT2D eigenvalue weighted by Gasteiger charge is -2.22. The molecule has 3 aromatic carbocycles. The number of amides is 1. The van der Waals surface area contributed by atoms with E-state index in [-0.39, 0.29) is 12.6 Å². The van der Waals surface area contributed by atoms with E-state index in [9.17, 15) is 9.59 Å². The van der Waals surface area contributed by atoms with E-state index in [2.05, 4.69) is 5.10 Å². The summed E-state index contributed by atoms with van der Waals surface area (Å²) >= 11 is 5.84. The van der Waals surface area contributed by atoms with Crippen LogP contribution < -0.4 is 9.47 Å². The summed E-state index contributed by atoms with van der Waals surface area (Å²) in [5, 5.41) is 6.52. The minimum Gasteiger partial charge on any atom is -0.497 e. The molecule has 0 saturated carbocycles. The van der Waals surface area contributed by atoms with Crippen molar-refractivity contribution in [3.8, 4) is 11.5 Å². The molecule has 8 heteroatoms. The monoisotopic (exact) mass is 478 g/mol. The number of carbonyl (C=O) groups excluding carboxylic acids is 2. The second-order valence-electron chi connectivity index (χ2n) is 7.55. The summed E-state index contributed by atoms with van der Waals surface area (Å²) in [7, 11) is 1.60. The molecule has 0 saturated heterocycles. The Balaban J connectivity index is 1.42. The smallest absolute Gasteiger partial charge is 0.344 e. The molecule has 1 heterocycles. The number of halogens is 1. The molecule has 0 N–H and O–H groups in total. The van der Waals surface area contributed by atoms with Gasteiger partial charge in [0.25, 0.3) is 5.91 Å². The predicted molar refractivity (Wildman–Crippen MR) is 128 cm³/mol. The molecule has 1 amide bonds. The standard InChI is InChI=1S/C26H23ClN2O5/c1-32-21-11-7-19(8-12-21)24-15-23(18-5-3-2-4-6-18)28-29(24)25(30)16-34-26(31)17-33-22-13-9-20(27)10-14-22/h2-14,24H,15-17H2,1H3. The summed E-state index contributed by atoms with van der Waals surface area (Å²) in [5.41, 5.74) is 2.62. The van der Waals surface area contributed by atoms with Crippen LogP contribution in [0.1, 0.15) is 23.6 Å². The fourth-order valence-electron chi connectivity index (χ4n) is 3.55. The van der Waals surface area contributed by atoms with Crippen molar-refractivity contribution in [1.82, 2.24) is 5.01 Å². The van der Waals surface area contributed by atoms with Gasteiger partial charge in [-0.05, 0) is 47.5 Å². The van der Waals surface area contributed by atoms with Gasteiger partial charge in [0.05, 0.1) is 18.9 Å². The van der Waals surface area contributed by atoms with Crippen molar-refractivity contribution < 1.29 is 23.8 Å². The summed E-state index contributed by atoms with van der Waals surface area (Å²) in [6.07, 6.45) is 0.537. The number of nitrogens with zero attached hydrogens (tertiary/aromatic N) is 2. The summed E-state index contributed by atoms with van der Waals surface area (Å²) in [6, 6.07) is 23.4. The topological polar surface area (TPSA) is 77.4 Å². The largest absolute Gasteiger partial charge is 0.497 e. The first-order chi connectivity index (χ1) is 16.5. The van der Waals surface area contributed by atoms with Gasteiger partial charge in [0, 0.05) is 11.4 Å². The van der Waals surface area contributed by atoms with Crippen LogP contribution in [0, 0.1) is 0 Å². The molecule has 0 aromatic heterocycles. The van der Waals surface area contributed by atoms with Gasteiger partial charge in [-0.2, -0.15) is 5.10 Å². The SMILES string of the molecule is COc1ccc(C2CC(c3ccccc3)=NN2C(=O)COC(=O)COc2ccc(Cl)cc2)cc1. The number of methoxy groups -OCH3 is 1. The minimum absolute atomic E-state index is 0.322. The molecule has 0 radical (unpaired) electrons. The maximum atomic E-state index is 13.0. The average molecular weight is 479 g/mol. The molecule has 0 spiro atoms. The molecule has 174 valence electrons. The molecule has 7 nitrogen and oxygen atoms in total. The van der Waals surface area contributed by atoms with E-state index in [1.165, 1.54) is 5.01 Å². The average Bonchev–Trinajstić information content (AvgIpc) is 3.33. The van der Waals surface area contributed by atoms with Gasteiger partial charge < -0.3 is 14.2 Å². The van der Waals surface area contributed by atoms with Gasteiger partial charge >= 0.3 is 5.97 Å². The van der Waals surface area contributed by atoms with Gasteiger partial charge in [-0.1, -0.05) is 54.1 Å². The van der Waals surface area contributed by atoms with Crippen molar-refractivity contribution in [2.45, 2.75) is 12.5 Å². The Morgan fingerprint density at radius 3 is 2.29 bits per heavy atom. The first kappa shape index (κ1) is 23.3. The van der Waals surface area contributed by atoms with E-state index in [0.29, 0.717) is 17.2 Å². The number of ether oxygens (including phenoxy) is 3. The van der Waals surface area contributed by atoms with E-state index in [1.54, 1.807) is 31.4 Å². The molecule has 1 unspecified atom stereocenters. The van der Waals surface area contributed by atoms with Crippen LogP contribution in [0.5, 0.6) is 11.5 Å². The second kappa shape index (κ2) is 10.9. The van der Waals surface area contributed by atoms with Crippen LogP contribution in [0.15, 0.2) is 84.0 Å². The molecule has 1 atom stereocenters. The zero-order chi connectivity index (χ0) is 23.9. The Hall–Kier alpha value is -3.84. The zero-order valence-corrected chi connectivity index (χ0v) is 19.3. The molecule has 0 fully saturated rings. The highest BCUT2D eigenvalue weighted by atomic mass is 35.5. The molecule has 1 aliphatic rings. The summed E-state index contributed by atoms with van der Waals surface area (Å²) in [4.78, 5) is 25.1. The zero-order valence-electron chi connectivity index (χ0n) is 18.5. The third-order valence-electron chi connectivity index (χ3n) is 5.30. The van der Waals surface area contributed by atoms with Crippen molar-refractivity contribution in [1.29, 1.82) is 0 Å². The molecule has 4 rings (SSSR count). The van der Waals surface area contributed by atoms with Crippen LogP contribution in [-0.4, -0.2) is 42.9 Å². The highest BCUT2D eigenvalue weighted by Crippen LogP contribution is 2.33. The molecular formula is C26H23ClN2O5. The van der Waals surface area contributed by atoms with Gasteiger partial charge in [-0.25, -0.2) is 9.80 Å². The maximum Gasteiger partial charge on any atom is 0.344 e. The number of hydrogen-bond acceptors (Lipinski definition) is 6. The fraction of sp³-hybridized carbons (Fsp3) is 0.192. The Labute approximate surface area is 202 Å². The predicted octanol–water partition coefficient (Wildman–Crippen LogP) is 4.65. The molecule has 1 aliphatic heterocycles. The van der Waals surface area contributed by atoms with Gasteiger partial charge in [0.1, 0.15) is 11.5 Å². The Kier molecular flexibility index (Phi) is 7.44. The number of benzene rings is 3. The number of carbonyl (C=O) groups is 2. The van der Waals surface area contributed by atoms with Gasteiger partial charge in [-0.15, -0.1) is 0 Å². The third kappa shape index (κ3) is 5.74. The van der Waals surface area contributed by atoms with Crippen molar-refractivity contribution >= 4 is 29.2 Å². The number of hydrogen-bond donors (Lipinski definition) is 0. The lowest BCUT2D eigenvalue weighted by molar-refractivity contribution is -0.154. The van der Waals surface area contributed by atoms with Crippen molar-refractivity contribution in [3.63, 3.8) is 0 Å². The van der Waals surface area contributed by atoms with E-state index in [1.807, 2.05) is 54.6 Å². The molecule has 34 heavy (non-hydrogen) atoms. The van der Waals surface area contributed by atoms with E-state index >= 15 is 0 Å². The summed E-state index contributed by atoms with van der Waals surface area (Å²) < 4.78 is 15.8. The molecular weight excluding hydrogens is 456 g/mol. The lowest BCUT2D eigenvalue weighted by atomic mass is 9.98. The maximum absolute atomic E-state index is 13.0. The van der Waals surface area contributed by atoms with Crippen LogP contribution in [-0.2, 0) is 14.3 Å². The number of esters is 1. The molecule has 0 aliphatic carbocycles. The Morgan fingerprint density at radius 2 is 1.62 bits per heavy atom. The van der Waals surface area contributed by atoms with Crippen molar-refractivity contribution in [3.05, 3.63) is 95.0 Å². The molecule has 0 bridgehead atoms. The highest BCUT2D eigenvalue weighted by Gasteiger charge is 2.33. The van der Waals surface area contributed by atoms with Crippen LogP contribution in [0.25, 0.3) is 0 Å². The van der Waals surface area contributed by atoms with Crippen LogP contribution in [0.4, 0.5) is 0 Å². The van der Waals surface area contributed by atoms with Crippen LogP contribution >= 0.6 is 11.6 Å². The fourth-order valence-corrected chi connectivity index (χ4v) is 3.68. The van der Waals surface area contributed by atoms with E-state index in [0.717, 1.165) is 22.6 Å². The van der Waals surface area contributed by atoms with Gasteiger partial charge in [0.15, 0.2) is 13.2 Å². The van der Waals surface area contributed by atoms with Gasteiger partial charge in [-0.3, -0.25) is 4.79 Å². The van der Waals surface area contributed by atoms with Gasteiger partial charge in [0.2, 0.25) is 0 Å². The highest BCUT2D eigenvalue weighted by molar-refractivity contribution is 6.30. The minimum atomic E-state index is -0.657. The van der Waals surface area contributed by atoms with Crippen molar-refractivity contribution in [2.75, 3.05) is 20.3 Å². The van der Waals surface area contributed by atoms with Crippen LogP contribution in [0.2, 0.25) is 5.02 Å². The first-order valence-corrected chi connectivity index (χ1v) is 11.0. The van der Waals surface area contributed by atoms with Crippen molar-refractivity contribution in [2.24, 2.45) is 5.10 Å². The normalized spacial score (nSPS) is 14.9. The quantitative estimate of drug-likeness (QED) is 0.440. The first-order valence-electron chi connectivity index (χ1n) is 10.7. The second-order valence-corrected chi connectivity index (χ2v) is 7.98. The Bertz CT molecular complexity index is 1160. The van der Waals surface area contributed by atoms with Crippen LogP contribution in [0.3, 0.4) is 0 Å². The summed E-state index contributed by atoms with van der Waals surface area (Å²) in [5.74, 6) is 0.115. The molecule has 3 aromatic rings. The Morgan fingerprint density at radius 1 is 0.941 bits per heavy atom. The number of rotatable bonds is 8. The van der Waals surface area contributed by atoms with E-state index < -0.39 is 18.5 Å². The lowest BCUT2D eigenvalue weighted by Crippen LogP contribution is -2.32. The van der Waals surface area contributed by atoms with E-state index in [4.69, 9.17) is 25.8 Å². The summed E-state index contributed by atoms with van der Waals surface area (Å²) in [6.45, 7) is -0.767. The number of hydrazone groups is 1. The third-order valence-corrected chi connectivity index (χ3v) is 5.55.